The summed E-state index contributed by atoms with van der Waals surface area (Å²) in [6.07, 6.45) is 0. The summed E-state index contributed by atoms with van der Waals surface area (Å²) < 4.78 is 40.8. The number of hydrogen-bond donors (Lipinski definition) is 3. The van der Waals surface area contributed by atoms with Crippen molar-refractivity contribution >= 4 is 19.2 Å². The van der Waals surface area contributed by atoms with Crippen LogP contribution >= 0.6 is 0 Å². The maximum absolute atomic E-state index is 10.5. The van der Waals surface area contributed by atoms with Crippen molar-refractivity contribution in [1.82, 2.24) is 4.72 Å². The Labute approximate surface area is 66.4 Å². The van der Waals surface area contributed by atoms with Crippen LogP contribution in [-0.2, 0) is 19.2 Å². The van der Waals surface area contributed by atoms with Crippen LogP contribution in [0, 0.1) is 0 Å². The average molecular weight is 203 g/mol. The third-order valence-corrected chi connectivity index (χ3v) is 3.06. The molecule has 1 atom stereocenters. The van der Waals surface area contributed by atoms with Gasteiger partial charge >= 0.3 is 9.06 Å². The lowest BCUT2D eigenvalue weighted by molar-refractivity contribution is 0.0696. The van der Waals surface area contributed by atoms with E-state index in [2.05, 4.69) is 0 Å². The lowest BCUT2D eigenvalue weighted by atomic mass is 10.4. The summed E-state index contributed by atoms with van der Waals surface area (Å²) in [5.74, 6) is 0. The maximum Gasteiger partial charge on any atom is 0.320 e. The highest BCUT2D eigenvalue weighted by Gasteiger charge is 2.26. The predicted octanol–water partition coefficient (Wildman–Crippen LogP) is -1.23. The van der Waals surface area contributed by atoms with E-state index in [1.54, 1.807) is 4.72 Å². The van der Waals surface area contributed by atoms with E-state index in [1.807, 2.05) is 0 Å². The van der Waals surface area contributed by atoms with Crippen LogP contribution < -0.4 is 4.72 Å². The fraction of sp³-hybridized carbons (Fsp3) is 1.00. The molecule has 0 aliphatic carbocycles. The van der Waals surface area contributed by atoms with Gasteiger partial charge in [-0.3, -0.25) is 4.55 Å². The van der Waals surface area contributed by atoms with Crippen molar-refractivity contribution in [2.24, 2.45) is 0 Å². The van der Waals surface area contributed by atoms with Crippen LogP contribution in [0.5, 0.6) is 0 Å². The van der Waals surface area contributed by atoms with Gasteiger partial charge in [-0.05, 0) is 13.8 Å². The number of rotatable bonds is 3. The van der Waals surface area contributed by atoms with Crippen LogP contribution in [0.3, 0.4) is 0 Å². The molecule has 3 N–H and O–H groups in total. The van der Waals surface area contributed by atoms with Crippen LogP contribution in [0.2, 0.25) is 0 Å². The van der Waals surface area contributed by atoms with E-state index in [0.717, 1.165) is 13.8 Å². The summed E-state index contributed by atoms with van der Waals surface area (Å²) in [5, 5.41) is 8.87. The van der Waals surface area contributed by atoms with E-state index in [9.17, 15) is 12.6 Å². The zero-order chi connectivity index (χ0) is 9.28. The number of hydrogen-bond acceptors (Lipinski definition) is 4. The molecule has 68 valence electrons. The van der Waals surface area contributed by atoms with Crippen molar-refractivity contribution < 1.29 is 22.3 Å². The maximum atomic E-state index is 10.5. The van der Waals surface area contributed by atoms with Gasteiger partial charge in [0.25, 0.3) is 10.1 Å². The van der Waals surface area contributed by atoms with Crippen molar-refractivity contribution in [3.63, 3.8) is 0 Å². The Morgan fingerprint density at radius 1 is 1.45 bits per heavy atom. The minimum atomic E-state index is -4.33. The van der Waals surface area contributed by atoms with Crippen molar-refractivity contribution in [1.29, 1.82) is 0 Å². The first-order chi connectivity index (χ1) is 4.65. The molecule has 0 aliphatic rings. The molecule has 0 spiro atoms. The van der Waals surface area contributed by atoms with E-state index in [1.165, 1.54) is 0 Å². The van der Waals surface area contributed by atoms with Gasteiger partial charge in [0.1, 0.15) is 5.72 Å². The lowest BCUT2D eigenvalue weighted by Gasteiger charge is -2.16. The molecular weight excluding hydrogens is 194 g/mol. The molecule has 11 heavy (non-hydrogen) atoms. The lowest BCUT2D eigenvalue weighted by Crippen LogP contribution is -2.44. The standard InChI is InChI=1S/C3H9NO5S2/c1-3(2,5)4-11(8,9)10(6)7/h4-5H,1-2H3,(H,6,7). The third-order valence-electron chi connectivity index (χ3n) is 0.562. The topological polar surface area (TPSA) is 104 Å². The van der Waals surface area contributed by atoms with Gasteiger partial charge in [-0.15, -0.1) is 0 Å². The zero-order valence-corrected chi connectivity index (χ0v) is 7.57. The predicted molar refractivity (Wildman–Crippen MR) is 39.1 cm³/mol. The van der Waals surface area contributed by atoms with E-state index < -0.39 is 24.9 Å². The average Bonchev–Trinajstić information content (AvgIpc) is 1.56. The van der Waals surface area contributed by atoms with Crippen molar-refractivity contribution in [2.45, 2.75) is 19.6 Å². The molecule has 0 rings (SSSR count). The SMILES string of the molecule is CC(C)(O)NS(=O)(=O)S(=O)O. The molecule has 6 nitrogen and oxygen atoms in total. The minimum absolute atomic E-state index is 1.14. The quantitative estimate of drug-likeness (QED) is 0.303. The van der Waals surface area contributed by atoms with E-state index in [0.29, 0.717) is 0 Å². The molecule has 0 bridgehead atoms. The van der Waals surface area contributed by atoms with Crippen LogP contribution in [0.4, 0.5) is 0 Å². The smallest absolute Gasteiger partial charge is 0.320 e. The normalized spacial score (nSPS) is 16.4. The Balaban J connectivity index is 4.53. The molecular formula is C3H9NO5S2. The fourth-order valence-corrected chi connectivity index (χ4v) is 1.85. The highest BCUT2D eigenvalue weighted by molar-refractivity contribution is 8.61. The molecule has 0 aromatic heterocycles. The molecule has 0 aromatic rings. The summed E-state index contributed by atoms with van der Waals surface area (Å²) in [5.41, 5.74) is -1.72. The van der Waals surface area contributed by atoms with Crippen LogP contribution in [-0.4, -0.2) is 28.0 Å². The Morgan fingerprint density at radius 3 is 1.91 bits per heavy atom. The van der Waals surface area contributed by atoms with Gasteiger partial charge in [-0.25, -0.2) is 4.21 Å². The molecule has 0 amide bonds. The summed E-state index contributed by atoms with van der Waals surface area (Å²) >= 11 is 0. The monoisotopic (exact) mass is 203 g/mol. The van der Waals surface area contributed by atoms with Gasteiger partial charge < -0.3 is 5.11 Å². The Hall–Kier alpha value is -0.0200. The van der Waals surface area contributed by atoms with Gasteiger partial charge in [0, 0.05) is 0 Å². The van der Waals surface area contributed by atoms with Gasteiger partial charge in [0.15, 0.2) is 0 Å². The van der Waals surface area contributed by atoms with Crippen LogP contribution in [0.15, 0.2) is 0 Å². The second-order valence-corrected chi connectivity index (χ2v) is 6.05. The number of aliphatic hydroxyl groups is 1. The molecule has 0 heterocycles. The zero-order valence-electron chi connectivity index (χ0n) is 5.94. The first kappa shape index (κ1) is 11.0. The molecule has 0 aliphatic heterocycles. The Morgan fingerprint density at radius 2 is 1.82 bits per heavy atom. The van der Waals surface area contributed by atoms with Crippen molar-refractivity contribution in [3.8, 4) is 0 Å². The first-order valence-electron chi connectivity index (χ1n) is 2.53. The fourth-order valence-electron chi connectivity index (χ4n) is 0.342. The van der Waals surface area contributed by atoms with E-state index >= 15 is 0 Å². The number of nitrogens with one attached hydrogen (secondary N) is 1. The summed E-state index contributed by atoms with van der Waals surface area (Å²) in [6.45, 7) is 2.27. The van der Waals surface area contributed by atoms with Crippen LogP contribution in [0.25, 0.3) is 0 Å². The van der Waals surface area contributed by atoms with E-state index in [-0.39, 0.29) is 0 Å². The molecule has 0 saturated heterocycles. The summed E-state index contributed by atoms with van der Waals surface area (Å²) in [4.78, 5) is 0. The van der Waals surface area contributed by atoms with Crippen LogP contribution in [0.1, 0.15) is 13.8 Å². The van der Waals surface area contributed by atoms with Crippen molar-refractivity contribution in [3.05, 3.63) is 0 Å². The summed E-state index contributed by atoms with van der Waals surface area (Å²) in [6, 6.07) is 0. The molecule has 0 aromatic carbocycles. The Bertz CT molecular complexity index is 249. The molecule has 0 saturated carbocycles. The van der Waals surface area contributed by atoms with Gasteiger partial charge in [0.2, 0.25) is 0 Å². The van der Waals surface area contributed by atoms with Gasteiger partial charge in [0.05, 0.1) is 0 Å². The largest absolute Gasteiger partial charge is 0.375 e. The highest BCUT2D eigenvalue weighted by atomic mass is 33.2. The first-order valence-corrected chi connectivity index (χ1v) is 5.63. The second kappa shape index (κ2) is 3.15. The Kier molecular flexibility index (Phi) is 3.15. The highest BCUT2D eigenvalue weighted by Crippen LogP contribution is 2.00. The van der Waals surface area contributed by atoms with Crippen molar-refractivity contribution in [2.75, 3.05) is 0 Å². The molecule has 1 unspecified atom stereocenters. The molecule has 0 fully saturated rings. The molecule has 8 heteroatoms. The van der Waals surface area contributed by atoms with Gasteiger partial charge in [-0.2, -0.15) is 13.1 Å². The van der Waals surface area contributed by atoms with E-state index in [4.69, 9.17) is 9.66 Å². The second-order valence-electron chi connectivity index (χ2n) is 2.33. The third kappa shape index (κ3) is 4.43. The molecule has 0 radical (unpaired) electrons. The minimum Gasteiger partial charge on any atom is -0.375 e. The summed E-state index contributed by atoms with van der Waals surface area (Å²) in [7, 11) is -7.35. The van der Waals surface area contributed by atoms with Gasteiger partial charge in [-0.1, -0.05) is 0 Å².